The third-order valence-electron chi connectivity index (χ3n) is 8.02. The molecule has 0 N–H and O–H groups in total. The lowest BCUT2D eigenvalue weighted by Crippen LogP contribution is -2.67. The number of carbonyl (C=O) groups excluding carboxylic acids is 5. The largest absolute Gasteiger partial charge is 0.458 e. The van der Waals surface area contributed by atoms with E-state index in [2.05, 4.69) is 15.9 Å². The zero-order valence-corrected chi connectivity index (χ0v) is 29.4. The van der Waals surface area contributed by atoms with Crippen molar-refractivity contribution < 1.29 is 52.4 Å². The lowest BCUT2D eigenvalue weighted by molar-refractivity contribution is -0.292. The van der Waals surface area contributed by atoms with Gasteiger partial charge in [0.1, 0.15) is 6.61 Å². The van der Waals surface area contributed by atoms with Gasteiger partial charge >= 0.3 is 29.8 Å². The van der Waals surface area contributed by atoms with Crippen LogP contribution in [-0.2, 0) is 28.4 Å². The summed E-state index contributed by atoms with van der Waals surface area (Å²) in [4.78, 5) is 67.9. The topological polar surface area (TPSA) is 141 Å². The van der Waals surface area contributed by atoms with Crippen LogP contribution in [0.5, 0.6) is 0 Å². The predicted molar refractivity (Wildman–Crippen MR) is 192 cm³/mol. The van der Waals surface area contributed by atoms with Crippen LogP contribution in [0.3, 0.4) is 0 Å². The molecule has 1 aliphatic heterocycles. The Balaban J connectivity index is 1.45. The van der Waals surface area contributed by atoms with Crippen molar-refractivity contribution in [3.05, 3.63) is 179 Å². The number of carbonyl (C=O) groups is 5. The second kappa shape index (κ2) is 16.9. The zero-order chi connectivity index (χ0) is 37.2. The number of alkyl halides is 1. The van der Waals surface area contributed by atoms with E-state index in [1.807, 2.05) is 0 Å². The number of hydrogen-bond donors (Lipinski definition) is 0. The highest BCUT2D eigenvalue weighted by atomic mass is 79.9. The van der Waals surface area contributed by atoms with Gasteiger partial charge in [0.15, 0.2) is 12.2 Å². The summed E-state index contributed by atoms with van der Waals surface area (Å²) >= 11 is 3.48. The molecular weight excluding hydrogens is 748 g/mol. The molecule has 0 unspecified atom stereocenters. The Hall–Kier alpha value is -6.11. The fourth-order valence-corrected chi connectivity index (χ4v) is 6.02. The van der Waals surface area contributed by atoms with Gasteiger partial charge in [-0.1, -0.05) is 91.0 Å². The Morgan fingerprint density at radius 3 is 1.17 bits per heavy atom. The molecule has 6 rings (SSSR count). The lowest BCUT2D eigenvalue weighted by Gasteiger charge is -2.47. The molecule has 0 spiro atoms. The van der Waals surface area contributed by atoms with Gasteiger partial charge < -0.3 is 28.4 Å². The van der Waals surface area contributed by atoms with Crippen LogP contribution in [0.4, 0.5) is 0 Å². The van der Waals surface area contributed by atoms with E-state index < -0.39 is 65.6 Å². The Kier molecular flexibility index (Phi) is 11.7. The van der Waals surface area contributed by atoms with Crippen LogP contribution in [0.1, 0.15) is 51.8 Å². The van der Waals surface area contributed by atoms with Crippen molar-refractivity contribution in [3.8, 4) is 0 Å². The number of esters is 5. The number of rotatable bonds is 11. The van der Waals surface area contributed by atoms with Crippen LogP contribution in [0.15, 0.2) is 152 Å². The number of hydrogen-bond acceptors (Lipinski definition) is 11. The van der Waals surface area contributed by atoms with Crippen molar-refractivity contribution in [2.45, 2.75) is 29.1 Å². The van der Waals surface area contributed by atoms with Crippen LogP contribution in [0.2, 0.25) is 0 Å². The SMILES string of the molecule is O=C(OC[C@@]1(Br)O[C@@H](OC(=O)c2ccccc2)[C@H](OC(=O)c2ccccc2)[C@@H](OC(=O)c2ccccc2)[C@@H]1OC(=O)c1ccccc1)c1ccccc1. The molecule has 0 aromatic heterocycles. The summed E-state index contributed by atoms with van der Waals surface area (Å²) in [7, 11) is 0. The normalized spacial score (nSPS) is 20.6. The molecule has 1 saturated heterocycles. The molecule has 11 nitrogen and oxygen atoms in total. The first-order valence-electron chi connectivity index (χ1n) is 16.3. The zero-order valence-electron chi connectivity index (χ0n) is 27.8. The Bertz CT molecular complexity index is 2030. The van der Waals surface area contributed by atoms with Crippen LogP contribution >= 0.6 is 15.9 Å². The van der Waals surface area contributed by atoms with Gasteiger partial charge in [-0.3, -0.25) is 0 Å². The van der Waals surface area contributed by atoms with E-state index in [0.717, 1.165) is 0 Å². The van der Waals surface area contributed by atoms with Gasteiger partial charge in [-0.05, 0) is 76.6 Å². The molecule has 1 heterocycles. The van der Waals surface area contributed by atoms with E-state index in [9.17, 15) is 24.0 Å². The maximum absolute atomic E-state index is 13.8. The molecule has 53 heavy (non-hydrogen) atoms. The monoisotopic (exact) mass is 778 g/mol. The summed E-state index contributed by atoms with van der Waals surface area (Å²) < 4.78 is 33.8. The summed E-state index contributed by atoms with van der Waals surface area (Å²) in [5, 5.41) is 0. The minimum atomic E-state index is -2.07. The first-order chi connectivity index (χ1) is 25.7. The average Bonchev–Trinajstić information content (AvgIpc) is 3.21. The molecule has 0 saturated carbocycles. The fraction of sp³-hybridized carbons (Fsp3) is 0.146. The molecule has 0 aliphatic carbocycles. The van der Waals surface area contributed by atoms with Crippen molar-refractivity contribution in [2.75, 3.05) is 6.61 Å². The van der Waals surface area contributed by atoms with Gasteiger partial charge in [-0.2, -0.15) is 0 Å². The summed E-state index contributed by atoms with van der Waals surface area (Å²) in [6, 6.07) is 39.8. The molecule has 5 aromatic rings. The van der Waals surface area contributed by atoms with Gasteiger partial charge in [0.2, 0.25) is 16.9 Å². The summed E-state index contributed by atoms with van der Waals surface area (Å²) in [5.41, 5.74) is 0.654. The molecule has 1 fully saturated rings. The van der Waals surface area contributed by atoms with Crippen molar-refractivity contribution in [1.29, 1.82) is 0 Å². The summed E-state index contributed by atoms with van der Waals surface area (Å²) in [6.45, 7) is -0.675. The third-order valence-corrected chi connectivity index (χ3v) is 8.89. The van der Waals surface area contributed by atoms with Crippen molar-refractivity contribution in [3.63, 3.8) is 0 Å². The Labute approximate surface area is 312 Å². The van der Waals surface area contributed by atoms with E-state index in [4.69, 9.17) is 28.4 Å². The minimum absolute atomic E-state index is 0.105. The standard InChI is InChI=1S/C41H31BrO11/c42-41(26-48-35(43)27-16-6-1-7-17-27)34(51-38(46)30-22-12-4-13-23-30)32(49-36(44)28-18-8-2-9-19-28)33(50-37(45)29-20-10-3-11-21-29)40(53-41)52-39(47)31-24-14-5-15-25-31/h1-25,32-34,40H,26H2/t32-,33-,34+,40-,41-/m1/s1. The second-order valence-corrected chi connectivity index (χ2v) is 13.0. The third kappa shape index (κ3) is 9.04. The molecule has 1 aliphatic rings. The van der Waals surface area contributed by atoms with Crippen molar-refractivity contribution in [1.82, 2.24) is 0 Å². The number of ether oxygens (including phenoxy) is 6. The van der Waals surface area contributed by atoms with Crippen molar-refractivity contribution in [2.24, 2.45) is 0 Å². The van der Waals surface area contributed by atoms with E-state index in [-0.39, 0.29) is 27.8 Å². The quantitative estimate of drug-likeness (QED) is 0.0792. The summed E-state index contributed by atoms with van der Waals surface area (Å²) in [6.07, 6.45) is -7.01. The lowest BCUT2D eigenvalue weighted by atomic mass is 9.97. The van der Waals surface area contributed by atoms with Crippen LogP contribution in [-0.4, -0.2) is 65.6 Å². The minimum Gasteiger partial charge on any atom is -0.458 e. The van der Waals surface area contributed by atoms with E-state index in [1.165, 1.54) is 60.7 Å². The highest BCUT2D eigenvalue weighted by molar-refractivity contribution is 9.10. The van der Waals surface area contributed by atoms with Crippen LogP contribution in [0.25, 0.3) is 0 Å². The molecule has 5 atom stereocenters. The maximum Gasteiger partial charge on any atom is 0.340 e. The van der Waals surface area contributed by atoms with Gasteiger partial charge in [-0.15, -0.1) is 0 Å². The van der Waals surface area contributed by atoms with Gasteiger partial charge in [0.25, 0.3) is 0 Å². The average molecular weight is 780 g/mol. The molecule has 0 radical (unpaired) electrons. The second-order valence-electron chi connectivity index (χ2n) is 11.6. The van der Waals surface area contributed by atoms with Gasteiger partial charge in [0.05, 0.1) is 27.8 Å². The number of halogens is 1. The molecule has 268 valence electrons. The maximum atomic E-state index is 13.8. The molecule has 12 heteroatoms. The predicted octanol–water partition coefficient (Wildman–Crippen LogP) is 6.82. The van der Waals surface area contributed by atoms with Crippen LogP contribution in [0, 0.1) is 0 Å². The van der Waals surface area contributed by atoms with E-state index in [1.54, 1.807) is 91.0 Å². The highest BCUT2D eigenvalue weighted by Gasteiger charge is 2.61. The molecule has 5 aromatic carbocycles. The molecule has 0 amide bonds. The van der Waals surface area contributed by atoms with Crippen molar-refractivity contribution >= 4 is 45.8 Å². The molecular formula is C41H31BrO11. The number of benzene rings is 5. The smallest absolute Gasteiger partial charge is 0.340 e. The highest BCUT2D eigenvalue weighted by Crippen LogP contribution is 2.41. The Morgan fingerprint density at radius 1 is 0.453 bits per heavy atom. The summed E-state index contributed by atoms with van der Waals surface area (Å²) in [5.74, 6) is -4.34. The van der Waals surface area contributed by atoms with Crippen LogP contribution < -0.4 is 0 Å². The van der Waals surface area contributed by atoms with Gasteiger partial charge in [-0.25, -0.2) is 24.0 Å². The Morgan fingerprint density at radius 2 is 0.774 bits per heavy atom. The fourth-order valence-electron chi connectivity index (χ4n) is 5.37. The first kappa shape index (κ1) is 36.7. The van der Waals surface area contributed by atoms with Gasteiger partial charge in [0, 0.05) is 0 Å². The first-order valence-corrected chi connectivity index (χ1v) is 17.1. The molecule has 0 bridgehead atoms. The van der Waals surface area contributed by atoms with E-state index in [0.29, 0.717) is 0 Å². The van der Waals surface area contributed by atoms with E-state index >= 15 is 0 Å².